The van der Waals surface area contributed by atoms with E-state index in [9.17, 15) is 23.2 Å². The van der Waals surface area contributed by atoms with E-state index in [2.05, 4.69) is 40.9 Å². The van der Waals surface area contributed by atoms with Crippen molar-refractivity contribution in [3.05, 3.63) is 32.3 Å². The zero-order valence-corrected chi connectivity index (χ0v) is 23.1. The summed E-state index contributed by atoms with van der Waals surface area (Å²) in [6, 6.07) is 1.40. The molecule has 0 spiro atoms. The third-order valence-corrected chi connectivity index (χ3v) is 11.4. The van der Waals surface area contributed by atoms with Gasteiger partial charge in [-0.15, -0.1) is 27.0 Å². The highest BCUT2D eigenvalue weighted by molar-refractivity contribution is 7.91. The number of aliphatic hydroxyl groups is 1. The fraction of sp³-hybridized carbons (Fsp3) is 0.524. The summed E-state index contributed by atoms with van der Waals surface area (Å²) in [5.74, 6) is -0.128. The highest BCUT2D eigenvalue weighted by Crippen LogP contribution is 2.41. The van der Waals surface area contributed by atoms with Crippen LogP contribution in [0.4, 0.5) is 11.5 Å². The van der Waals surface area contributed by atoms with Crippen LogP contribution in [0.2, 0.25) is 0 Å². The molecule has 1 aliphatic rings. The Hall–Kier alpha value is -1.81. The Morgan fingerprint density at radius 1 is 1.43 bits per heavy atom. The van der Waals surface area contributed by atoms with Gasteiger partial charge in [0, 0.05) is 32.1 Å². The number of anilines is 2. The van der Waals surface area contributed by atoms with E-state index in [1.807, 2.05) is 6.92 Å². The second kappa shape index (κ2) is 10.3. The second-order valence-corrected chi connectivity index (χ2v) is 14.0. The number of hydrogen-bond acceptors (Lipinski definition) is 10. The average Bonchev–Trinajstić information content (AvgIpc) is 3.55. The van der Waals surface area contributed by atoms with Crippen LogP contribution in [0.3, 0.4) is 0 Å². The molecule has 1 aliphatic heterocycles. The number of sulfonamides is 1. The number of rotatable bonds is 8. The van der Waals surface area contributed by atoms with Gasteiger partial charge in [0.15, 0.2) is 21.1 Å². The van der Waals surface area contributed by atoms with E-state index in [4.69, 9.17) is 4.99 Å². The number of aryl methyl sites for hydroxylation is 2. The van der Waals surface area contributed by atoms with Crippen LogP contribution < -0.4 is 10.8 Å². The normalized spacial score (nSPS) is 19.1. The molecular formula is C21H29N5O5S4. The number of nitrogens with one attached hydrogen (secondary N) is 2. The Labute approximate surface area is 215 Å². The van der Waals surface area contributed by atoms with Crippen LogP contribution in [-0.2, 0) is 10.0 Å². The molecule has 4 N–H and O–H groups in total. The zero-order chi connectivity index (χ0) is 25.5. The third kappa shape index (κ3) is 5.19. The number of aliphatic hydroxyl groups excluding tert-OH is 1. The summed E-state index contributed by atoms with van der Waals surface area (Å²) in [6.07, 6.45) is 1.22. The number of aromatic nitrogens is 2. The summed E-state index contributed by atoms with van der Waals surface area (Å²) in [6.45, 7) is 8.22. The van der Waals surface area contributed by atoms with Crippen LogP contribution in [0.5, 0.6) is 5.75 Å². The quantitative estimate of drug-likeness (QED) is 0.306. The SMILES string of the molecule is Cc1cc([C@H](N=c2[nH][s+]([O-])nc2Nc2csc(S(=O)(=O)N3CCCC3CO)c2O)C(C)C)sc1C. The summed E-state index contributed by atoms with van der Waals surface area (Å²) in [4.78, 5) is 7.08. The highest BCUT2D eigenvalue weighted by Gasteiger charge is 2.38. The minimum atomic E-state index is -3.98. The molecule has 0 bridgehead atoms. The van der Waals surface area contributed by atoms with Crippen molar-refractivity contribution in [2.45, 2.75) is 56.8 Å². The van der Waals surface area contributed by atoms with Gasteiger partial charge in [-0.3, -0.25) is 4.99 Å². The summed E-state index contributed by atoms with van der Waals surface area (Å²) < 4.78 is 46.3. The standard InChI is InChI=1S/C21H29N5O5S4/c1-11(2)17(16-8-12(3)13(4)33-16)23-20-19(24-34(29)25-20)22-15-10-32-21(18(15)28)35(30,31)26-7-5-6-14(26)9-27/h8,10-11,14,17,27-28H,5-7,9H2,1-4H3,(H,22,24)(H,23,25)/t14?,17-,34?/m1/s1. The van der Waals surface area contributed by atoms with Crippen LogP contribution in [0.15, 0.2) is 20.6 Å². The first-order chi connectivity index (χ1) is 16.5. The molecular weight excluding hydrogens is 531 g/mol. The second-order valence-electron chi connectivity index (χ2n) is 8.85. The molecule has 192 valence electrons. The Kier molecular flexibility index (Phi) is 7.71. The Bertz CT molecular complexity index is 1350. The molecule has 4 rings (SSSR count). The van der Waals surface area contributed by atoms with E-state index in [0.29, 0.717) is 19.4 Å². The van der Waals surface area contributed by atoms with E-state index in [-0.39, 0.29) is 39.8 Å². The summed E-state index contributed by atoms with van der Waals surface area (Å²) >= 11 is 0.788. The van der Waals surface area contributed by atoms with Crippen molar-refractivity contribution < 1.29 is 23.2 Å². The minimum Gasteiger partial charge on any atom is -0.548 e. The molecule has 14 heteroatoms. The molecule has 0 saturated carbocycles. The van der Waals surface area contributed by atoms with Crippen LogP contribution in [0, 0.1) is 19.8 Å². The first-order valence-electron chi connectivity index (χ1n) is 11.2. The monoisotopic (exact) mass is 559 g/mol. The molecule has 3 atom stereocenters. The Morgan fingerprint density at radius 2 is 2.17 bits per heavy atom. The Morgan fingerprint density at radius 3 is 2.80 bits per heavy atom. The predicted molar refractivity (Wildman–Crippen MR) is 137 cm³/mol. The number of aromatic hydroxyl groups is 1. The smallest absolute Gasteiger partial charge is 0.256 e. The number of H-pyrrole nitrogens is 1. The molecule has 3 aromatic heterocycles. The molecule has 1 saturated heterocycles. The van der Waals surface area contributed by atoms with Crippen LogP contribution in [0.25, 0.3) is 0 Å². The van der Waals surface area contributed by atoms with Gasteiger partial charge in [0.25, 0.3) is 10.0 Å². The van der Waals surface area contributed by atoms with Crippen LogP contribution in [-0.4, -0.2) is 55.4 Å². The third-order valence-electron chi connectivity index (χ3n) is 6.02. The molecule has 35 heavy (non-hydrogen) atoms. The molecule has 3 aromatic rings. The van der Waals surface area contributed by atoms with E-state index >= 15 is 0 Å². The van der Waals surface area contributed by atoms with Crippen molar-refractivity contribution in [3.63, 3.8) is 0 Å². The lowest BCUT2D eigenvalue weighted by Gasteiger charge is -2.21. The Balaban J connectivity index is 1.67. The van der Waals surface area contributed by atoms with E-state index in [1.54, 1.807) is 11.3 Å². The van der Waals surface area contributed by atoms with Crippen molar-refractivity contribution >= 4 is 55.3 Å². The molecule has 0 aromatic carbocycles. The lowest BCUT2D eigenvalue weighted by molar-refractivity contribution is 0.213. The summed E-state index contributed by atoms with van der Waals surface area (Å²) in [7, 11) is -3.98. The lowest BCUT2D eigenvalue weighted by atomic mass is 10.0. The maximum atomic E-state index is 13.1. The lowest BCUT2D eigenvalue weighted by Crippen LogP contribution is -2.37. The molecule has 2 unspecified atom stereocenters. The van der Waals surface area contributed by atoms with Crippen molar-refractivity contribution in [1.82, 2.24) is 13.1 Å². The van der Waals surface area contributed by atoms with Gasteiger partial charge >= 0.3 is 0 Å². The van der Waals surface area contributed by atoms with Crippen molar-refractivity contribution in [1.29, 1.82) is 0 Å². The van der Waals surface area contributed by atoms with Gasteiger partial charge in [0.1, 0.15) is 0 Å². The van der Waals surface area contributed by atoms with Crippen molar-refractivity contribution in [3.8, 4) is 5.75 Å². The van der Waals surface area contributed by atoms with Crippen molar-refractivity contribution in [2.24, 2.45) is 10.9 Å². The fourth-order valence-electron chi connectivity index (χ4n) is 4.03. The summed E-state index contributed by atoms with van der Waals surface area (Å²) in [5, 5.41) is 24.7. The maximum Gasteiger partial charge on any atom is 0.256 e. The highest BCUT2D eigenvalue weighted by atomic mass is 32.2. The van der Waals surface area contributed by atoms with Gasteiger partial charge in [-0.05, 0) is 44.2 Å². The van der Waals surface area contributed by atoms with E-state index in [1.165, 1.54) is 20.1 Å². The van der Waals surface area contributed by atoms with E-state index in [0.717, 1.165) is 16.2 Å². The number of nitrogens with zero attached hydrogens (tertiary/aromatic N) is 3. The maximum absolute atomic E-state index is 13.1. The molecule has 0 aliphatic carbocycles. The van der Waals surface area contributed by atoms with E-state index < -0.39 is 33.0 Å². The molecule has 1 fully saturated rings. The zero-order valence-electron chi connectivity index (χ0n) is 19.8. The summed E-state index contributed by atoms with van der Waals surface area (Å²) in [5.41, 5.74) is 1.59. The van der Waals surface area contributed by atoms with Gasteiger partial charge in [0.05, 0.1) is 18.3 Å². The van der Waals surface area contributed by atoms with Gasteiger partial charge in [-0.25, -0.2) is 8.42 Å². The number of thiophene rings is 2. The minimum absolute atomic E-state index is 0.129. The van der Waals surface area contributed by atoms with Gasteiger partial charge in [-0.1, -0.05) is 13.8 Å². The van der Waals surface area contributed by atoms with Crippen molar-refractivity contribution in [2.75, 3.05) is 18.5 Å². The van der Waals surface area contributed by atoms with Gasteiger partial charge in [0.2, 0.25) is 11.3 Å². The largest absolute Gasteiger partial charge is 0.548 e. The first kappa shape index (κ1) is 26.3. The average molecular weight is 560 g/mol. The fourth-order valence-corrected chi connectivity index (χ4v) is 8.97. The molecule has 0 amide bonds. The molecule has 10 nitrogen and oxygen atoms in total. The molecule has 4 heterocycles. The number of aromatic amines is 1. The van der Waals surface area contributed by atoms with Gasteiger partial charge < -0.3 is 20.1 Å². The van der Waals surface area contributed by atoms with Crippen LogP contribution in [0.1, 0.15) is 48.0 Å². The molecule has 0 radical (unpaired) electrons. The first-order valence-corrected chi connectivity index (χ1v) is 15.4. The predicted octanol–water partition coefficient (Wildman–Crippen LogP) is 3.77. The number of hydrogen-bond donors (Lipinski definition) is 4. The van der Waals surface area contributed by atoms with Crippen LogP contribution >= 0.6 is 33.8 Å². The van der Waals surface area contributed by atoms with Gasteiger partial charge in [-0.2, -0.15) is 4.31 Å². The topological polar surface area (TPSA) is 154 Å².